The normalized spacial score (nSPS) is 12.2. The lowest BCUT2D eigenvalue weighted by molar-refractivity contribution is -0.128. The number of halogens is 1. The first-order chi connectivity index (χ1) is 18.7. The van der Waals surface area contributed by atoms with Crippen molar-refractivity contribution in [3.8, 4) is 11.5 Å². The zero-order chi connectivity index (χ0) is 28.2. The molecule has 3 aromatic carbocycles. The van der Waals surface area contributed by atoms with E-state index >= 15 is 0 Å². The van der Waals surface area contributed by atoms with E-state index in [1.54, 1.807) is 24.3 Å². The molecular formula is C29H32FN5O4. The Bertz CT molecular complexity index is 1470. The third-order valence-corrected chi connectivity index (χ3v) is 6.66. The number of para-hydroxylation sites is 1. The minimum atomic E-state index is -1.19. The summed E-state index contributed by atoms with van der Waals surface area (Å²) in [6.45, 7) is 5.54. The Morgan fingerprint density at radius 1 is 1.05 bits per heavy atom. The van der Waals surface area contributed by atoms with Crippen molar-refractivity contribution in [1.82, 2.24) is 20.3 Å². The molecule has 9 nitrogen and oxygen atoms in total. The van der Waals surface area contributed by atoms with Crippen LogP contribution in [0.15, 0.2) is 66.7 Å². The second-order valence-electron chi connectivity index (χ2n) is 9.71. The molecule has 0 saturated heterocycles. The van der Waals surface area contributed by atoms with E-state index in [4.69, 9.17) is 9.47 Å². The van der Waals surface area contributed by atoms with Crippen molar-refractivity contribution in [3.05, 3.63) is 78.1 Å². The fourth-order valence-electron chi connectivity index (χ4n) is 4.22. The highest BCUT2D eigenvalue weighted by Crippen LogP contribution is 2.36. The number of nitrogens with zero attached hydrogens (tertiary/aromatic N) is 4. The van der Waals surface area contributed by atoms with Crippen LogP contribution in [0.1, 0.15) is 38.8 Å². The minimum Gasteiger partial charge on any atom is -0.497 e. The molecule has 1 aromatic heterocycles. The Morgan fingerprint density at radius 3 is 2.44 bits per heavy atom. The minimum absolute atomic E-state index is 0.217. The maximum absolute atomic E-state index is 14.1. The second kappa shape index (κ2) is 11.5. The van der Waals surface area contributed by atoms with Gasteiger partial charge in [0, 0.05) is 16.8 Å². The Hall–Kier alpha value is -4.47. The molecule has 2 amide bonds. The van der Waals surface area contributed by atoms with Gasteiger partial charge in [0.25, 0.3) is 0 Å². The third kappa shape index (κ3) is 6.00. The largest absolute Gasteiger partial charge is 0.497 e. The SMILES string of the molecule is CCC(C)(C)NC(=O)C(c1cc(OC)ccc1OC)N(C(=O)Cn1nnc2ccccc21)c1ccc(F)cc1. The number of methoxy groups -OCH3 is 2. The van der Waals surface area contributed by atoms with Crippen LogP contribution in [0.25, 0.3) is 11.0 Å². The van der Waals surface area contributed by atoms with Gasteiger partial charge < -0.3 is 14.8 Å². The first-order valence-corrected chi connectivity index (χ1v) is 12.6. The standard InChI is InChI=1S/C29H32FN5O4/c1-6-29(2,3)31-28(37)27(22-17-21(38-4)15-16-25(22)39-5)35(20-13-11-19(30)12-14-20)26(36)18-34-24-10-8-7-9-23(24)32-33-34/h7-17,27H,6,18H2,1-5H3,(H,31,37). The van der Waals surface area contributed by atoms with E-state index in [0.717, 1.165) is 0 Å². The van der Waals surface area contributed by atoms with Crippen LogP contribution in [0.5, 0.6) is 11.5 Å². The quantitative estimate of drug-likeness (QED) is 0.318. The number of rotatable bonds is 10. The van der Waals surface area contributed by atoms with Crippen LogP contribution < -0.4 is 19.7 Å². The van der Waals surface area contributed by atoms with Crippen LogP contribution >= 0.6 is 0 Å². The van der Waals surface area contributed by atoms with E-state index in [2.05, 4.69) is 15.6 Å². The van der Waals surface area contributed by atoms with Crippen LogP contribution in [-0.4, -0.2) is 46.6 Å². The number of hydrogen-bond acceptors (Lipinski definition) is 6. The third-order valence-electron chi connectivity index (χ3n) is 6.66. The first kappa shape index (κ1) is 27.6. The van der Waals surface area contributed by atoms with Gasteiger partial charge >= 0.3 is 0 Å². The number of ether oxygens (including phenoxy) is 2. The highest BCUT2D eigenvalue weighted by atomic mass is 19.1. The molecule has 0 radical (unpaired) electrons. The van der Waals surface area contributed by atoms with E-state index in [9.17, 15) is 14.0 Å². The Balaban J connectivity index is 1.89. The van der Waals surface area contributed by atoms with Crippen molar-refractivity contribution >= 4 is 28.5 Å². The summed E-state index contributed by atoms with van der Waals surface area (Å²) in [6, 6.07) is 16.5. The van der Waals surface area contributed by atoms with Crippen LogP contribution in [0.2, 0.25) is 0 Å². The molecule has 10 heteroatoms. The molecule has 4 aromatic rings. The summed E-state index contributed by atoms with van der Waals surface area (Å²) in [5.41, 5.74) is 1.46. The lowest BCUT2D eigenvalue weighted by Gasteiger charge is -2.35. The number of hydrogen-bond donors (Lipinski definition) is 1. The molecule has 204 valence electrons. The van der Waals surface area contributed by atoms with Gasteiger partial charge in [0.2, 0.25) is 11.8 Å². The summed E-state index contributed by atoms with van der Waals surface area (Å²) < 4.78 is 26.5. The summed E-state index contributed by atoms with van der Waals surface area (Å²) in [7, 11) is 3.00. The van der Waals surface area contributed by atoms with Gasteiger partial charge in [-0.25, -0.2) is 9.07 Å². The molecular weight excluding hydrogens is 501 g/mol. The lowest BCUT2D eigenvalue weighted by Crippen LogP contribution is -2.51. The monoisotopic (exact) mass is 533 g/mol. The number of amides is 2. The number of benzene rings is 3. The summed E-state index contributed by atoms with van der Waals surface area (Å²) >= 11 is 0. The molecule has 0 fully saturated rings. The number of anilines is 1. The Morgan fingerprint density at radius 2 is 1.77 bits per heavy atom. The molecule has 0 spiro atoms. The number of nitrogens with one attached hydrogen (secondary N) is 1. The fourth-order valence-corrected chi connectivity index (χ4v) is 4.22. The highest BCUT2D eigenvalue weighted by molar-refractivity contribution is 6.02. The van der Waals surface area contributed by atoms with Gasteiger partial charge in [0.1, 0.15) is 35.4 Å². The average Bonchev–Trinajstić information content (AvgIpc) is 3.34. The predicted molar refractivity (Wildman–Crippen MR) is 146 cm³/mol. The molecule has 1 atom stereocenters. The maximum Gasteiger partial charge on any atom is 0.249 e. The van der Waals surface area contributed by atoms with Gasteiger partial charge in [0.15, 0.2) is 0 Å². The van der Waals surface area contributed by atoms with E-state index in [-0.39, 0.29) is 6.54 Å². The first-order valence-electron chi connectivity index (χ1n) is 12.6. The van der Waals surface area contributed by atoms with Gasteiger partial charge in [0.05, 0.1) is 19.7 Å². The summed E-state index contributed by atoms with van der Waals surface area (Å²) in [4.78, 5) is 29.6. The number of carbonyl (C=O) groups is 2. The Kier molecular flexibility index (Phi) is 8.13. The molecule has 1 unspecified atom stereocenters. The topological polar surface area (TPSA) is 98.6 Å². The van der Waals surface area contributed by atoms with Crippen molar-refractivity contribution in [3.63, 3.8) is 0 Å². The van der Waals surface area contributed by atoms with Crippen LogP contribution in [0.3, 0.4) is 0 Å². The van der Waals surface area contributed by atoms with E-state index in [0.29, 0.717) is 40.2 Å². The highest BCUT2D eigenvalue weighted by Gasteiger charge is 2.37. The maximum atomic E-state index is 14.1. The van der Waals surface area contributed by atoms with Crippen LogP contribution in [0, 0.1) is 5.82 Å². The number of fused-ring (bicyclic) bond motifs is 1. The van der Waals surface area contributed by atoms with Crippen molar-refractivity contribution < 1.29 is 23.5 Å². The zero-order valence-corrected chi connectivity index (χ0v) is 22.6. The molecule has 1 N–H and O–H groups in total. The lowest BCUT2D eigenvalue weighted by atomic mass is 9.97. The van der Waals surface area contributed by atoms with Gasteiger partial charge in [-0.3, -0.25) is 14.5 Å². The number of carbonyl (C=O) groups excluding carboxylic acids is 2. The Labute approximate surface area is 226 Å². The zero-order valence-electron chi connectivity index (χ0n) is 22.6. The van der Waals surface area contributed by atoms with Gasteiger partial charge in [-0.2, -0.15) is 0 Å². The molecule has 0 aliphatic heterocycles. The molecule has 0 bridgehead atoms. The summed E-state index contributed by atoms with van der Waals surface area (Å²) in [6.07, 6.45) is 0.649. The van der Waals surface area contributed by atoms with Crippen molar-refractivity contribution in [1.29, 1.82) is 0 Å². The van der Waals surface area contributed by atoms with Crippen LogP contribution in [-0.2, 0) is 16.1 Å². The van der Waals surface area contributed by atoms with Crippen molar-refractivity contribution in [2.75, 3.05) is 19.1 Å². The van der Waals surface area contributed by atoms with Crippen molar-refractivity contribution in [2.45, 2.75) is 45.3 Å². The van der Waals surface area contributed by atoms with E-state index in [1.165, 1.54) is 48.1 Å². The molecule has 39 heavy (non-hydrogen) atoms. The molecule has 0 aliphatic carbocycles. The number of aromatic nitrogens is 3. The molecule has 4 rings (SSSR count). The predicted octanol–water partition coefficient (Wildman–Crippen LogP) is 4.67. The van der Waals surface area contributed by atoms with Gasteiger partial charge in [-0.15, -0.1) is 5.10 Å². The molecule has 1 heterocycles. The molecule has 0 saturated carbocycles. The van der Waals surface area contributed by atoms with Crippen LogP contribution in [0.4, 0.5) is 10.1 Å². The average molecular weight is 534 g/mol. The van der Waals surface area contributed by atoms with E-state index in [1.807, 2.05) is 39.0 Å². The second-order valence-corrected chi connectivity index (χ2v) is 9.71. The van der Waals surface area contributed by atoms with Crippen molar-refractivity contribution in [2.24, 2.45) is 0 Å². The molecule has 0 aliphatic rings. The van der Waals surface area contributed by atoms with E-state index < -0.39 is 29.2 Å². The summed E-state index contributed by atoms with van der Waals surface area (Å²) in [5.74, 6) is -0.505. The van der Waals surface area contributed by atoms with Gasteiger partial charge in [-0.05, 0) is 74.9 Å². The smallest absolute Gasteiger partial charge is 0.249 e. The summed E-state index contributed by atoms with van der Waals surface area (Å²) in [5, 5.41) is 11.4. The van der Waals surface area contributed by atoms with Gasteiger partial charge in [-0.1, -0.05) is 24.3 Å². The fraction of sp³-hybridized carbons (Fsp3) is 0.310.